The molecule has 0 fully saturated rings. The lowest BCUT2D eigenvalue weighted by molar-refractivity contribution is 0.504. The summed E-state index contributed by atoms with van der Waals surface area (Å²) in [5, 5.41) is 15.1. The molecule has 0 spiro atoms. The van der Waals surface area contributed by atoms with Crippen molar-refractivity contribution in [2.75, 3.05) is 7.05 Å². The molecule has 1 aromatic carbocycles. The van der Waals surface area contributed by atoms with E-state index in [0.29, 0.717) is 24.9 Å². The Kier molecular flexibility index (Phi) is 7.24. The van der Waals surface area contributed by atoms with Crippen LogP contribution in [0.1, 0.15) is 35.7 Å². The number of nitrogens with zero attached hydrogens (tertiary/aromatic N) is 5. The molecule has 1 aliphatic rings. The molecule has 3 heterocycles. The van der Waals surface area contributed by atoms with E-state index in [4.69, 9.17) is 4.42 Å². The maximum absolute atomic E-state index is 5.60. The highest BCUT2D eigenvalue weighted by Crippen LogP contribution is 2.19. The number of rotatable bonds is 5. The van der Waals surface area contributed by atoms with Crippen LogP contribution in [0.3, 0.4) is 0 Å². The van der Waals surface area contributed by atoms with Gasteiger partial charge in [-0.1, -0.05) is 17.7 Å². The van der Waals surface area contributed by atoms with Crippen molar-refractivity contribution in [1.29, 1.82) is 0 Å². The highest BCUT2D eigenvalue weighted by atomic mass is 127. The number of nitrogens with one attached hydrogen (secondary N) is 2. The molecule has 0 unspecified atom stereocenters. The van der Waals surface area contributed by atoms with E-state index in [1.54, 1.807) is 13.3 Å². The molecule has 4 rings (SSSR count). The molecule has 0 saturated heterocycles. The monoisotopic (exact) mass is 507 g/mol. The van der Waals surface area contributed by atoms with E-state index in [-0.39, 0.29) is 24.0 Å². The summed E-state index contributed by atoms with van der Waals surface area (Å²) in [5.74, 6) is 3.33. The van der Waals surface area contributed by atoms with Gasteiger partial charge in [-0.3, -0.25) is 4.99 Å². The largest absolute Gasteiger partial charge is 0.444 e. The van der Waals surface area contributed by atoms with Gasteiger partial charge in [0.2, 0.25) is 5.89 Å². The number of benzene rings is 1. The SMILES string of the molecule is CN=C(NCc1coc(-c2ccc(C)cc2)n1)NCc1nnc2n1CCCC2.I. The van der Waals surface area contributed by atoms with Gasteiger partial charge in [0.15, 0.2) is 11.8 Å². The number of fused-ring (bicyclic) bond motifs is 1. The van der Waals surface area contributed by atoms with E-state index in [1.165, 1.54) is 18.4 Å². The summed E-state index contributed by atoms with van der Waals surface area (Å²) in [5.41, 5.74) is 3.00. The number of halogens is 1. The quantitative estimate of drug-likeness (QED) is 0.313. The van der Waals surface area contributed by atoms with Crippen LogP contribution in [0.5, 0.6) is 0 Å². The molecular formula is C20H26IN7O. The third-order valence-corrected chi connectivity index (χ3v) is 4.86. The molecule has 2 N–H and O–H groups in total. The van der Waals surface area contributed by atoms with Crippen molar-refractivity contribution in [2.45, 2.75) is 45.8 Å². The minimum atomic E-state index is 0. The van der Waals surface area contributed by atoms with Gasteiger partial charge in [0.1, 0.15) is 12.1 Å². The van der Waals surface area contributed by atoms with Crippen molar-refractivity contribution in [3.63, 3.8) is 0 Å². The third-order valence-electron chi connectivity index (χ3n) is 4.86. The average Bonchev–Trinajstić information content (AvgIpc) is 3.36. The normalized spacial score (nSPS) is 13.5. The maximum Gasteiger partial charge on any atom is 0.226 e. The van der Waals surface area contributed by atoms with Crippen molar-refractivity contribution in [2.24, 2.45) is 4.99 Å². The lowest BCUT2D eigenvalue weighted by atomic mass is 10.1. The first kappa shape index (κ1) is 21.3. The number of guanidine groups is 1. The Hall–Kier alpha value is -2.43. The molecule has 0 aliphatic carbocycles. The minimum Gasteiger partial charge on any atom is -0.444 e. The van der Waals surface area contributed by atoms with E-state index >= 15 is 0 Å². The molecule has 3 aromatic rings. The zero-order chi connectivity index (χ0) is 19.3. The molecule has 154 valence electrons. The molecule has 0 amide bonds. The lowest BCUT2D eigenvalue weighted by Gasteiger charge is -2.15. The van der Waals surface area contributed by atoms with Crippen molar-refractivity contribution < 1.29 is 4.42 Å². The smallest absolute Gasteiger partial charge is 0.226 e. The molecule has 0 atom stereocenters. The van der Waals surface area contributed by atoms with Gasteiger partial charge in [0.05, 0.1) is 18.8 Å². The molecular weight excluding hydrogens is 481 g/mol. The first-order chi connectivity index (χ1) is 13.7. The highest BCUT2D eigenvalue weighted by molar-refractivity contribution is 14.0. The third kappa shape index (κ3) is 5.14. The summed E-state index contributed by atoms with van der Waals surface area (Å²) in [4.78, 5) is 8.81. The van der Waals surface area contributed by atoms with E-state index in [2.05, 4.69) is 42.3 Å². The van der Waals surface area contributed by atoms with Crippen molar-refractivity contribution in [1.82, 2.24) is 30.4 Å². The van der Waals surface area contributed by atoms with Crippen LogP contribution in [0.2, 0.25) is 0 Å². The van der Waals surface area contributed by atoms with Gasteiger partial charge in [-0.2, -0.15) is 0 Å². The second-order valence-electron chi connectivity index (χ2n) is 6.93. The second-order valence-corrected chi connectivity index (χ2v) is 6.93. The molecule has 0 bridgehead atoms. The summed E-state index contributed by atoms with van der Waals surface area (Å²) >= 11 is 0. The van der Waals surface area contributed by atoms with Crippen molar-refractivity contribution >= 4 is 29.9 Å². The number of aromatic nitrogens is 4. The van der Waals surface area contributed by atoms with Crippen LogP contribution in [-0.2, 0) is 26.1 Å². The van der Waals surface area contributed by atoms with Gasteiger partial charge < -0.3 is 19.6 Å². The lowest BCUT2D eigenvalue weighted by Crippen LogP contribution is -2.37. The molecule has 9 heteroatoms. The fraction of sp³-hybridized carbons (Fsp3) is 0.400. The van der Waals surface area contributed by atoms with Crippen molar-refractivity contribution in [3.8, 4) is 11.5 Å². The van der Waals surface area contributed by atoms with Crippen LogP contribution in [0.4, 0.5) is 0 Å². The Labute approximate surface area is 187 Å². The van der Waals surface area contributed by atoms with E-state index in [0.717, 1.165) is 35.9 Å². The summed E-state index contributed by atoms with van der Waals surface area (Å²) in [6.45, 7) is 4.15. The predicted octanol–water partition coefficient (Wildman–Crippen LogP) is 3.06. The second kappa shape index (κ2) is 9.86. The Morgan fingerprint density at radius 1 is 1.14 bits per heavy atom. The average molecular weight is 507 g/mol. The van der Waals surface area contributed by atoms with Gasteiger partial charge in [-0.25, -0.2) is 4.98 Å². The van der Waals surface area contributed by atoms with E-state index in [1.807, 2.05) is 24.3 Å². The van der Waals surface area contributed by atoms with Crippen LogP contribution in [0, 0.1) is 6.92 Å². The van der Waals surface area contributed by atoms with Crippen LogP contribution in [-0.4, -0.2) is 32.8 Å². The molecule has 2 aromatic heterocycles. The van der Waals surface area contributed by atoms with E-state index in [9.17, 15) is 0 Å². The summed E-state index contributed by atoms with van der Waals surface area (Å²) < 4.78 is 7.81. The van der Waals surface area contributed by atoms with Gasteiger partial charge in [0, 0.05) is 25.6 Å². The Morgan fingerprint density at radius 3 is 2.72 bits per heavy atom. The number of hydrogen-bond acceptors (Lipinski definition) is 5. The first-order valence-corrected chi connectivity index (χ1v) is 9.60. The van der Waals surface area contributed by atoms with Gasteiger partial charge in [0.25, 0.3) is 0 Å². The minimum absolute atomic E-state index is 0. The van der Waals surface area contributed by atoms with Crippen LogP contribution in [0.25, 0.3) is 11.5 Å². The van der Waals surface area contributed by atoms with Crippen molar-refractivity contribution in [3.05, 3.63) is 53.4 Å². The zero-order valence-electron chi connectivity index (χ0n) is 16.7. The first-order valence-electron chi connectivity index (χ1n) is 9.60. The molecule has 29 heavy (non-hydrogen) atoms. The topological polar surface area (TPSA) is 93.2 Å². The number of hydrogen-bond donors (Lipinski definition) is 2. The molecule has 1 aliphatic heterocycles. The Bertz CT molecular complexity index is 962. The Morgan fingerprint density at radius 2 is 1.93 bits per heavy atom. The highest BCUT2D eigenvalue weighted by Gasteiger charge is 2.15. The fourth-order valence-electron chi connectivity index (χ4n) is 3.27. The number of oxazole rings is 1. The van der Waals surface area contributed by atoms with Crippen LogP contribution < -0.4 is 10.6 Å². The molecule has 0 saturated carbocycles. The standard InChI is InChI=1S/C20H25N7O.HI/c1-14-6-8-15(9-7-14)19-24-16(13-28-19)11-22-20(21-2)23-12-18-26-25-17-5-3-4-10-27(17)18;/h6-9,13H,3-5,10-12H2,1-2H3,(H2,21,22,23);1H. The van der Waals surface area contributed by atoms with Crippen LogP contribution >= 0.6 is 24.0 Å². The summed E-state index contributed by atoms with van der Waals surface area (Å²) in [6, 6.07) is 8.12. The van der Waals surface area contributed by atoms with E-state index < -0.39 is 0 Å². The van der Waals surface area contributed by atoms with Gasteiger partial charge >= 0.3 is 0 Å². The van der Waals surface area contributed by atoms with Gasteiger partial charge in [-0.05, 0) is 31.9 Å². The fourth-order valence-corrected chi connectivity index (χ4v) is 3.27. The molecule has 8 nitrogen and oxygen atoms in total. The number of aliphatic imine (C=N–C) groups is 1. The maximum atomic E-state index is 5.60. The summed E-state index contributed by atoms with van der Waals surface area (Å²) in [6.07, 6.45) is 5.05. The predicted molar refractivity (Wildman–Crippen MR) is 122 cm³/mol. The number of aryl methyl sites for hydroxylation is 2. The van der Waals surface area contributed by atoms with Gasteiger partial charge in [-0.15, -0.1) is 34.2 Å². The summed E-state index contributed by atoms with van der Waals surface area (Å²) in [7, 11) is 1.75. The molecule has 0 radical (unpaired) electrons. The van der Waals surface area contributed by atoms with Crippen LogP contribution in [0.15, 0.2) is 39.9 Å². The zero-order valence-corrected chi connectivity index (χ0v) is 19.0. The Balaban J connectivity index is 0.00000240.